The minimum atomic E-state index is -1.01. The highest BCUT2D eigenvalue weighted by atomic mass is 32.1. The molecule has 7 heteroatoms. The zero-order chi connectivity index (χ0) is 17.4. The van der Waals surface area contributed by atoms with E-state index in [1.807, 2.05) is 24.3 Å². The normalized spacial score (nSPS) is 15.9. The first-order chi connectivity index (χ1) is 11.4. The number of aliphatic carboxylic acids is 1. The van der Waals surface area contributed by atoms with Crippen molar-refractivity contribution in [3.63, 3.8) is 0 Å². The molecule has 1 aromatic heterocycles. The van der Waals surface area contributed by atoms with Crippen LogP contribution in [0.3, 0.4) is 0 Å². The van der Waals surface area contributed by atoms with E-state index in [4.69, 9.17) is 12.2 Å². The van der Waals surface area contributed by atoms with Crippen molar-refractivity contribution in [1.82, 2.24) is 4.57 Å². The Morgan fingerprint density at radius 1 is 1.38 bits per heavy atom. The van der Waals surface area contributed by atoms with Gasteiger partial charge in [-0.1, -0.05) is 32.0 Å². The Morgan fingerprint density at radius 2 is 2.08 bits per heavy atom. The molecule has 2 N–H and O–H groups in total. The summed E-state index contributed by atoms with van der Waals surface area (Å²) >= 11 is 6.48. The molecule has 1 unspecified atom stereocenters. The number of allylic oxidation sites excluding steroid dienone is 1. The molecule has 2 heterocycles. The summed E-state index contributed by atoms with van der Waals surface area (Å²) in [5, 5.41) is 20.0. The molecular formula is C17H16N2O3S2. The number of thiazole rings is 1. The molecule has 24 heavy (non-hydrogen) atoms. The molecule has 0 saturated heterocycles. The fraction of sp³-hybridized carbons (Fsp3) is 0.235. The van der Waals surface area contributed by atoms with E-state index in [1.54, 1.807) is 26.1 Å². The number of rotatable bonds is 4. The fourth-order valence-electron chi connectivity index (χ4n) is 2.72. The van der Waals surface area contributed by atoms with Gasteiger partial charge in [-0.15, -0.1) is 11.3 Å². The molecule has 1 aliphatic rings. The number of carboxylic acids is 1. The maximum Gasteiger partial charge on any atom is 0.327 e. The number of benzene rings is 1. The lowest BCUT2D eigenvalue weighted by Crippen LogP contribution is -2.23. The van der Waals surface area contributed by atoms with Crippen molar-refractivity contribution in [3.8, 4) is 5.88 Å². The maximum absolute atomic E-state index is 11.6. The second-order valence-corrected chi connectivity index (χ2v) is 7.50. The van der Waals surface area contributed by atoms with Crippen molar-refractivity contribution in [3.05, 3.63) is 38.7 Å². The third-order valence-electron chi connectivity index (χ3n) is 3.85. The van der Waals surface area contributed by atoms with Crippen LogP contribution in [0.2, 0.25) is 0 Å². The molecule has 1 aromatic carbocycles. The zero-order valence-electron chi connectivity index (χ0n) is 13.1. The van der Waals surface area contributed by atoms with Crippen molar-refractivity contribution < 1.29 is 15.0 Å². The molecule has 0 aliphatic carbocycles. The number of aliphatic imine (C=N–C) groups is 1. The third kappa shape index (κ3) is 2.81. The van der Waals surface area contributed by atoms with Gasteiger partial charge in [0.25, 0.3) is 0 Å². The molecule has 0 bridgehead atoms. The Bertz CT molecular complexity index is 922. The maximum atomic E-state index is 11.6. The van der Waals surface area contributed by atoms with Crippen molar-refractivity contribution >= 4 is 53.1 Å². The average molecular weight is 360 g/mol. The van der Waals surface area contributed by atoms with Gasteiger partial charge in [0.1, 0.15) is 6.04 Å². The van der Waals surface area contributed by atoms with Crippen LogP contribution in [0.4, 0.5) is 5.69 Å². The smallest absolute Gasteiger partial charge is 0.327 e. The van der Waals surface area contributed by atoms with Gasteiger partial charge in [0.05, 0.1) is 10.6 Å². The van der Waals surface area contributed by atoms with Crippen LogP contribution in [0, 0.1) is 9.87 Å². The van der Waals surface area contributed by atoms with Crippen LogP contribution in [0.1, 0.15) is 30.3 Å². The Labute approximate surface area is 148 Å². The molecule has 1 atom stereocenters. The van der Waals surface area contributed by atoms with Gasteiger partial charge in [-0.3, -0.25) is 9.56 Å². The van der Waals surface area contributed by atoms with Gasteiger partial charge in [0.15, 0.2) is 3.95 Å². The van der Waals surface area contributed by atoms with Gasteiger partial charge in [-0.25, -0.2) is 4.79 Å². The zero-order valence-corrected chi connectivity index (χ0v) is 14.8. The molecule has 5 nitrogen and oxygen atoms in total. The standard InChI is InChI=1S/C17H16N2O3S2/c1-9(2)14(16(21)22)19-15(20)13(24-17(19)23)7-10-8-18-12-6-4-3-5-11(10)12/h3-9,14,20H,1-2H3,(H,21,22)/b10-7+. The fourth-order valence-corrected chi connectivity index (χ4v) is 4.05. The largest absolute Gasteiger partial charge is 0.493 e. The van der Waals surface area contributed by atoms with Gasteiger partial charge in [0.2, 0.25) is 5.88 Å². The van der Waals surface area contributed by atoms with Gasteiger partial charge in [-0.05, 0) is 30.3 Å². The number of aromatic hydroxyl groups is 1. The molecule has 0 fully saturated rings. The van der Waals surface area contributed by atoms with Gasteiger partial charge in [-0.2, -0.15) is 0 Å². The van der Waals surface area contributed by atoms with E-state index in [0.717, 1.165) is 16.8 Å². The first kappa shape index (κ1) is 16.6. The first-order valence-electron chi connectivity index (χ1n) is 7.42. The molecule has 0 saturated carbocycles. The van der Waals surface area contributed by atoms with Gasteiger partial charge < -0.3 is 10.2 Å². The quantitative estimate of drug-likeness (QED) is 0.786. The minimum absolute atomic E-state index is 0.114. The number of hydrogen-bond donors (Lipinski definition) is 2. The second kappa shape index (κ2) is 6.33. The summed E-state index contributed by atoms with van der Waals surface area (Å²) in [5.74, 6) is -1.33. The number of carbonyl (C=O) groups is 1. The van der Waals surface area contributed by atoms with E-state index >= 15 is 0 Å². The second-order valence-electron chi connectivity index (χ2n) is 5.83. The van der Waals surface area contributed by atoms with E-state index in [2.05, 4.69) is 4.99 Å². The summed E-state index contributed by atoms with van der Waals surface area (Å²) in [7, 11) is 0. The Hall–Kier alpha value is -2.25. The summed E-state index contributed by atoms with van der Waals surface area (Å²) in [4.78, 5) is 16.4. The van der Waals surface area contributed by atoms with Gasteiger partial charge >= 0.3 is 5.97 Å². The van der Waals surface area contributed by atoms with Crippen molar-refractivity contribution in [2.75, 3.05) is 0 Å². The SMILES string of the molecule is CC(C)C(C(=O)O)n1c(O)c(/C=C2\C=Nc3ccccc32)sc1=S. The summed E-state index contributed by atoms with van der Waals surface area (Å²) in [6.45, 7) is 3.57. The van der Waals surface area contributed by atoms with E-state index in [1.165, 1.54) is 15.9 Å². The molecule has 2 aromatic rings. The van der Waals surface area contributed by atoms with E-state index < -0.39 is 12.0 Å². The van der Waals surface area contributed by atoms with Crippen molar-refractivity contribution in [2.24, 2.45) is 10.9 Å². The lowest BCUT2D eigenvalue weighted by Gasteiger charge is -2.18. The molecule has 124 valence electrons. The Morgan fingerprint density at radius 3 is 2.75 bits per heavy atom. The first-order valence-corrected chi connectivity index (χ1v) is 8.65. The van der Waals surface area contributed by atoms with E-state index in [9.17, 15) is 15.0 Å². The van der Waals surface area contributed by atoms with E-state index in [0.29, 0.717) is 8.83 Å². The number of aromatic nitrogens is 1. The molecule has 0 radical (unpaired) electrons. The van der Waals surface area contributed by atoms with Gasteiger partial charge in [0, 0.05) is 17.4 Å². The molecule has 0 spiro atoms. The van der Waals surface area contributed by atoms with Crippen LogP contribution < -0.4 is 0 Å². The van der Waals surface area contributed by atoms with Crippen LogP contribution in [-0.4, -0.2) is 27.0 Å². The summed E-state index contributed by atoms with van der Waals surface area (Å²) < 4.78 is 1.65. The van der Waals surface area contributed by atoms with Crippen molar-refractivity contribution in [1.29, 1.82) is 0 Å². The molecule has 1 aliphatic heterocycles. The highest BCUT2D eigenvalue weighted by Gasteiger charge is 2.28. The third-order valence-corrected chi connectivity index (χ3v) is 5.19. The Kier molecular flexibility index (Phi) is 4.38. The lowest BCUT2D eigenvalue weighted by molar-refractivity contribution is -0.142. The number of hydrogen-bond acceptors (Lipinski definition) is 5. The topological polar surface area (TPSA) is 74.8 Å². The molecule has 0 amide bonds. The predicted molar refractivity (Wildman–Crippen MR) is 98.8 cm³/mol. The van der Waals surface area contributed by atoms with Crippen LogP contribution in [0.5, 0.6) is 5.88 Å². The number of para-hydroxylation sites is 1. The number of carboxylic acid groups (broad SMARTS) is 1. The number of fused-ring (bicyclic) bond motifs is 1. The van der Waals surface area contributed by atoms with Crippen LogP contribution >= 0.6 is 23.6 Å². The average Bonchev–Trinajstić information content (AvgIpc) is 3.04. The Balaban J connectivity index is 2.08. The molecule has 3 rings (SSSR count). The predicted octanol–water partition coefficient (Wildman–Crippen LogP) is 4.52. The highest BCUT2D eigenvalue weighted by molar-refractivity contribution is 7.73. The monoisotopic (exact) mass is 360 g/mol. The van der Waals surface area contributed by atoms with Crippen LogP contribution in [0.25, 0.3) is 11.6 Å². The van der Waals surface area contributed by atoms with Crippen LogP contribution in [0.15, 0.2) is 29.3 Å². The number of nitrogens with zero attached hydrogens (tertiary/aromatic N) is 2. The van der Waals surface area contributed by atoms with E-state index in [-0.39, 0.29) is 11.8 Å². The lowest BCUT2D eigenvalue weighted by atomic mass is 10.0. The summed E-state index contributed by atoms with van der Waals surface area (Å²) in [6.07, 6.45) is 3.52. The van der Waals surface area contributed by atoms with Crippen LogP contribution in [-0.2, 0) is 4.79 Å². The molecular weight excluding hydrogens is 344 g/mol. The van der Waals surface area contributed by atoms with Crippen molar-refractivity contribution in [2.45, 2.75) is 19.9 Å². The highest BCUT2D eigenvalue weighted by Crippen LogP contribution is 2.37. The summed E-state index contributed by atoms with van der Waals surface area (Å²) in [6, 6.07) is 6.81. The minimum Gasteiger partial charge on any atom is -0.493 e. The summed E-state index contributed by atoms with van der Waals surface area (Å²) in [5.41, 5.74) is 2.71.